The third-order valence-corrected chi connectivity index (χ3v) is 3.86. The van der Waals surface area contributed by atoms with Crippen molar-refractivity contribution in [3.05, 3.63) is 22.7 Å². The highest BCUT2D eigenvalue weighted by atomic mass is 35.5. The summed E-state index contributed by atoms with van der Waals surface area (Å²) < 4.78 is 4.78. The number of benzene rings is 1. The molecule has 0 heterocycles. The molecule has 0 saturated heterocycles. The van der Waals surface area contributed by atoms with Crippen LogP contribution in [0.25, 0.3) is 0 Å². The first kappa shape index (κ1) is 14.0. The van der Waals surface area contributed by atoms with E-state index in [1.54, 1.807) is 12.1 Å². The largest absolute Gasteiger partial charge is 0.465 e. The molecule has 0 radical (unpaired) electrons. The molecule has 0 unspecified atom stereocenters. The minimum Gasteiger partial charge on any atom is -0.465 e. The highest BCUT2D eigenvalue weighted by molar-refractivity contribution is 6.34. The Hall–Kier alpha value is -1.42. The van der Waals surface area contributed by atoms with Crippen LogP contribution in [-0.4, -0.2) is 18.6 Å². The molecule has 1 saturated carbocycles. The summed E-state index contributed by atoms with van der Waals surface area (Å²) in [6, 6.07) is 3.22. The van der Waals surface area contributed by atoms with Crippen molar-refractivity contribution in [2.45, 2.75) is 32.2 Å². The molecule has 0 bridgehead atoms. The van der Waals surface area contributed by atoms with Gasteiger partial charge in [-0.3, -0.25) is 0 Å². The number of hydrogen-bond donors (Lipinski definition) is 2. The molecule has 104 valence electrons. The number of rotatable bonds is 4. The number of nitrogen functional groups attached to an aromatic ring is 1. The van der Waals surface area contributed by atoms with Crippen LogP contribution in [-0.2, 0) is 4.74 Å². The standard InChI is InChI=1S/C14H19ClN2O2/c1-14(2,8-4-5-8)17-12-10(13(18)19-3)6-9(16)7-11(12)15/h6-8,17H,4-5,16H2,1-3H3. The molecule has 0 aromatic heterocycles. The van der Waals surface area contributed by atoms with Crippen molar-refractivity contribution in [1.82, 2.24) is 0 Å². The van der Waals surface area contributed by atoms with E-state index in [9.17, 15) is 4.79 Å². The van der Waals surface area contributed by atoms with Gasteiger partial charge in [0.15, 0.2) is 0 Å². The normalized spacial score (nSPS) is 15.2. The Kier molecular flexibility index (Phi) is 3.63. The van der Waals surface area contributed by atoms with Crippen LogP contribution in [0.4, 0.5) is 11.4 Å². The van der Waals surface area contributed by atoms with Crippen molar-refractivity contribution in [1.29, 1.82) is 0 Å². The third-order valence-electron chi connectivity index (χ3n) is 3.56. The quantitative estimate of drug-likeness (QED) is 0.657. The first-order valence-corrected chi connectivity index (χ1v) is 6.68. The lowest BCUT2D eigenvalue weighted by Gasteiger charge is -2.29. The summed E-state index contributed by atoms with van der Waals surface area (Å²) in [6.07, 6.45) is 2.39. The Bertz CT molecular complexity index is 510. The summed E-state index contributed by atoms with van der Waals surface area (Å²) in [7, 11) is 1.34. The van der Waals surface area contributed by atoms with Gasteiger partial charge in [-0.05, 0) is 44.7 Å². The molecule has 0 atom stereocenters. The lowest BCUT2D eigenvalue weighted by molar-refractivity contribution is 0.0602. The van der Waals surface area contributed by atoms with E-state index in [1.165, 1.54) is 20.0 Å². The van der Waals surface area contributed by atoms with E-state index < -0.39 is 5.97 Å². The highest BCUT2D eigenvalue weighted by Crippen LogP contribution is 2.43. The number of ether oxygens (including phenoxy) is 1. The van der Waals surface area contributed by atoms with Gasteiger partial charge in [0.1, 0.15) is 0 Å². The molecule has 0 aliphatic heterocycles. The maximum absolute atomic E-state index is 11.8. The minimum absolute atomic E-state index is 0.109. The number of carbonyl (C=O) groups is 1. The van der Waals surface area contributed by atoms with Crippen molar-refractivity contribution in [3.63, 3.8) is 0 Å². The number of methoxy groups -OCH3 is 1. The van der Waals surface area contributed by atoms with Crippen LogP contribution in [0, 0.1) is 5.92 Å². The number of carbonyl (C=O) groups excluding carboxylic acids is 1. The van der Waals surface area contributed by atoms with E-state index in [0.29, 0.717) is 27.9 Å². The zero-order valence-corrected chi connectivity index (χ0v) is 12.2. The van der Waals surface area contributed by atoms with Gasteiger partial charge < -0.3 is 15.8 Å². The predicted molar refractivity (Wildman–Crippen MR) is 77.6 cm³/mol. The first-order valence-electron chi connectivity index (χ1n) is 6.30. The fourth-order valence-electron chi connectivity index (χ4n) is 2.25. The monoisotopic (exact) mass is 282 g/mol. The maximum atomic E-state index is 11.8. The van der Waals surface area contributed by atoms with Gasteiger partial charge in [-0.2, -0.15) is 0 Å². The molecule has 4 nitrogen and oxygen atoms in total. The molecule has 5 heteroatoms. The average molecular weight is 283 g/mol. The van der Waals surface area contributed by atoms with Crippen molar-refractivity contribution in [2.24, 2.45) is 5.92 Å². The van der Waals surface area contributed by atoms with Crippen LogP contribution in [0.2, 0.25) is 5.02 Å². The van der Waals surface area contributed by atoms with Crippen LogP contribution in [0.15, 0.2) is 12.1 Å². The summed E-state index contributed by atoms with van der Waals surface area (Å²) >= 11 is 6.22. The van der Waals surface area contributed by atoms with Gasteiger partial charge in [-0.25, -0.2) is 4.79 Å². The summed E-state index contributed by atoms with van der Waals surface area (Å²) in [5.74, 6) is 0.162. The van der Waals surface area contributed by atoms with Crippen molar-refractivity contribution < 1.29 is 9.53 Å². The van der Waals surface area contributed by atoms with E-state index in [2.05, 4.69) is 19.2 Å². The van der Waals surface area contributed by atoms with Crippen molar-refractivity contribution >= 4 is 28.9 Å². The number of esters is 1. The van der Waals surface area contributed by atoms with Crippen LogP contribution in [0.1, 0.15) is 37.0 Å². The van der Waals surface area contributed by atoms with Crippen LogP contribution in [0.3, 0.4) is 0 Å². The van der Waals surface area contributed by atoms with Gasteiger partial charge in [0.2, 0.25) is 0 Å². The Morgan fingerprint density at radius 1 is 1.47 bits per heavy atom. The smallest absolute Gasteiger partial charge is 0.340 e. The lowest BCUT2D eigenvalue weighted by atomic mass is 9.97. The Balaban J connectivity index is 2.40. The van der Waals surface area contributed by atoms with Gasteiger partial charge in [0, 0.05) is 11.2 Å². The van der Waals surface area contributed by atoms with Crippen LogP contribution >= 0.6 is 11.6 Å². The summed E-state index contributed by atoms with van der Waals surface area (Å²) in [5.41, 5.74) is 7.05. The topological polar surface area (TPSA) is 64.3 Å². The second-order valence-electron chi connectivity index (χ2n) is 5.54. The van der Waals surface area contributed by atoms with Gasteiger partial charge in [0.05, 0.1) is 23.4 Å². The van der Waals surface area contributed by atoms with Gasteiger partial charge >= 0.3 is 5.97 Å². The molecule has 1 aromatic carbocycles. The van der Waals surface area contributed by atoms with E-state index >= 15 is 0 Å². The third kappa shape index (κ3) is 2.95. The molecule has 1 aliphatic carbocycles. The second kappa shape index (κ2) is 4.93. The zero-order chi connectivity index (χ0) is 14.2. The predicted octanol–water partition coefficient (Wildman–Crippen LogP) is 3.31. The van der Waals surface area contributed by atoms with Gasteiger partial charge in [-0.1, -0.05) is 11.6 Å². The van der Waals surface area contributed by atoms with Gasteiger partial charge in [-0.15, -0.1) is 0 Å². The zero-order valence-electron chi connectivity index (χ0n) is 11.4. The summed E-state index contributed by atoms with van der Waals surface area (Å²) in [6.45, 7) is 4.22. The maximum Gasteiger partial charge on any atom is 0.340 e. The molecule has 19 heavy (non-hydrogen) atoms. The van der Waals surface area contributed by atoms with E-state index in [0.717, 1.165) is 0 Å². The van der Waals surface area contributed by atoms with Crippen molar-refractivity contribution in [3.8, 4) is 0 Å². The molecular weight excluding hydrogens is 264 g/mol. The first-order chi connectivity index (χ1) is 8.85. The number of hydrogen-bond acceptors (Lipinski definition) is 4. The lowest BCUT2D eigenvalue weighted by Crippen LogP contribution is -2.34. The van der Waals surface area contributed by atoms with Crippen LogP contribution < -0.4 is 11.1 Å². The van der Waals surface area contributed by atoms with Crippen LogP contribution in [0.5, 0.6) is 0 Å². The fourth-order valence-corrected chi connectivity index (χ4v) is 2.53. The molecule has 0 amide bonds. The summed E-state index contributed by atoms with van der Waals surface area (Å²) in [5, 5.41) is 3.81. The SMILES string of the molecule is COC(=O)c1cc(N)cc(Cl)c1NC(C)(C)C1CC1. The number of anilines is 2. The Morgan fingerprint density at radius 2 is 2.11 bits per heavy atom. The summed E-state index contributed by atoms with van der Waals surface area (Å²) in [4.78, 5) is 11.8. The van der Waals surface area contributed by atoms with Gasteiger partial charge in [0.25, 0.3) is 0 Å². The number of nitrogens with two attached hydrogens (primary N) is 1. The van der Waals surface area contributed by atoms with E-state index in [1.807, 2.05) is 0 Å². The molecule has 1 aliphatic rings. The molecular formula is C14H19ClN2O2. The van der Waals surface area contributed by atoms with E-state index in [4.69, 9.17) is 22.1 Å². The number of nitrogens with one attached hydrogen (secondary N) is 1. The highest BCUT2D eigenvalue weighted by Gasteiger charge is 2.38. The molecule has 1 fully saturated rings. The Labute approximate surface area is 118 Å². The second-order valence-corrected chi connectivity index (χ2v) is 5.95. The Morgan fingerprint density at radius 3 is 2.63 bits per heavy atom. The van der Waals surface area contributed by atoms with Crippen molar-refractivity contribution in [2.75, 3.05) is 18.2 Å². The number of halogens is 1. The molecule has 0 spiro atoms. The minimum atomic E-state index is -0.441. The molecule has 2 rings (SSSR count). The molecule has 1 aromatic rings. The fraction of sp³-hybridized carbons (Fsp3) is 0.500. The molecule has 3 N–H and O–H groups in total. The average Bonchev–Trinajstić information content (AvgIpc) is 3.15. The van der Waals surface area contributed by atoms with E-state index in [-0.39, 0.29) is 5.54 Å².